The summed E-state index contributed by atoms with van der Waals surface area (Å²) in [5.41, 5.74) is 4.25. The second kappa shape index (κ2) is 7.06. The number of hydrogen-bond acceptors (Lipinski definition) is 2. The van der Waals surface area contributed by atoms with E-state index in [1.165, 1.54) is 55.5 Å². The Morgan fingerprint density at radius 3 is 2.84 bits per heavy atom. The Kier molecular flexibility index (Phi) is 5.41. The number of hydrogen-bond donors (Lipinski definition) is 1. The first-order chi connectivity index (χ1) is 9.15. The van der Waals surface area contributed by atoms with Gasteiger partial charge in [-0.3, -0.25) is 0 Å². The molecule has 106 valence electrons. The summed E-state index contributed by atoms with van der Waals surface area (Å²) in [5.74, 6) is 0. The highest BCUT2D eigenvalue weighted by molar-refractivity contribution is 5.30. The number of benzene rings is 1. The summed E-state index contributed by atoms with van der Waals surface area (Å²) in [5, 5.41) is 3.63. The van der Waals surface area contributed by atoms with Crippen molar-refractivity contribution < 1.29 is 0 Å². The Bertz CT molecular complexity index is 394. The monoisotopic (exact) mass is 260 g/mol. The van der Waals surface area contributed by atoms with Crippen LogP contribution in [0.15, 0.2) is 18.2 Å². The van der Waals surface area contributed by atoms with Crippen LogP contribution in [0, 0.1) is 13.8 Å². The lowest BCUT2D eigenvalue weighted by Crippen LogP contribution is -2.36. The standard InChI is InChI=1S/C17H28N2/c1-14-7-8-15(2)16(12-14)13-19(3)11-9-17-6-4-5-10-18-17/h7-8,12,17-18H,4-6,9-11,13H2,1-3H3. The van der Waals surface area contributed by atoms with E-state index in [0.29, 0.717) is 0 Å². The van der Waals surface area contributed by atoms with E-state index in [1.807, 2.05) is 0 Å². The van der Waals surface area contributed by atoms with Crippen LogP contribution in [0.5, 0.6) is 0 Å². The molecule has 1 unspecified atom stereocenters. The van der Waals surface area contributed by atoms with Crippen molar-refractivity contribution in [2.24, 2.45) is 0 Å². The highest BCUT2D eigenvalue weighted by Crippen LogP contribution is 2.14. The Balaban J connectivity index is 1.80. The molecule has 0 spiro atoms. The SMILES string of the molecule is Cc1ccc(C)c(CN(C)CCC2CCCCN2)c1. The van der Waals surface area contributed by atoms with E-state index in [-0.39, 0.29) is 0 Å². The number of nitrogens with zero attached hydrogens (tertiary/aromatic N) is 1. The first kappa shape index (κ1) is 14.5. The molecule has 19 heavy (non-hydrogen) atoms. The van der Waals surface area contributed by atoms with Crippen molar-refractivity contribution in [3.8, 4) is 0 Å². The lowest BCUT2D eigenvalue weighted by Gasteiger charge is -2.26. The summed E-state index contributed by atoms with van der Waals surface area (Å²) in [6, 6.07) is 7.51. The summed E-state index contributed by atoms with van der Waals surface area (Å²) in [7, 11) is 2.24. The Labute approximate surface area is 118 Å². The fourth-order valence-electron chi connectivity index (χ4n) is 2.89. The summed E-state index contributed by atoms with van der Waals surface area (Å²) in [4.78, 5) is 2.46. The molecule has 2 rings (SSSR count). The van der Waals surface area contributed by atoms with Crippen LogP contribution in [0.1, 0.15) is 42.4 Å². The number of aryl methyl sites for hydroxylation is 2. The highest BCUT2D eigenvalue weighted by atomic mass is 15.1. The fourth-order valence-corrected chi connectivity index (χ4v) is 2.89. The first-order valence-electron chi connectivity index (χ1n) is 7.63. The van der Waals surface area contributed by atoms with Gasteiger partial charge in [0.05, 0.1) is 0 Å². The van der Waals surface area contributed by atoms with Gasteiger partial charge in [0.1, 0.15) is 0 Å². The van der Waals surface area contributed by atoms with Gasteiger partial charge in [0.25, 0.3) is 0 Å². The van der Waals surface area contributed by atoms with Gasteiger partial charge in [-0.25, -0.2) is 0 Å². The average molecular weight is 260 g/mol. The van der Waals surface area contributed by atoms with Gasteiger partial charge >= 0.3 is 0 Å². The molecule has 0 aliphatic carbocycles. The molecule has 0 radical (unpaired) electrons. The van der Waals surface area contributed by atoms with Crippen LogP contribution < -0.4 is 5.32 Å². The highest BCUT2D eigenvalue weighted by Gasteiger charge is 2.13. The van der Waals surface area contributed by atoms with Gasteiger partial charge in [-0.05, 0) is 64.4 Å². The van der Waals surface area contributed by atoms with Crippen LogP contribution in [-0.2, 0) is 6.54 Å². The third kappa shape index (κ3) is 4.63. The van der Waals surface area contributed by atoms with Crippen LogP contribution in [0.4, 0.5) is 0 Å². The predicted octanol–water partition coefficient (Wildman–Crippen LogP) is 3.27. The summed E-state index contributed by atoms with van der Waals surface area (Å²) in [6.45, 7) is 7.86. The van der Waals surface area contributed by atoms with Crippen molar-refractivity contribution in [1.82, 2.24) is 10.2 Å². The number of rotatable bonds is 5. The van der Waals surface area contributed by atoms with E-state index in [0.717, 1.165) is 12.6 Å². The van der Waals surface area contributed by atoms with E-state index >= 15 is 0 Å². The zero-order valence-electron chi connectivity index (χ0n) is 12.7. The molecule has 0 bridgehead atoms. The summed E-state index contributed by atoms with van der Waals surface area (Å²) >= 11 is 0. The quantitative estimate of drug-likeness (QED) is 0.874. The Hall–Kier alpha value is -0.860. The zero-order valence-corrected chi connectivity index (χ0v) is 12.7. The Morgan fingerprint density at radius 2 is 2.11 bits per heavy atom. The first-order valence-corrected chi connectivity index (χ1v) is 7.63. The van der Waals surface area contributed by atoms with Crippen LogP contribution >= 0.6 is 0 Å². The van der Waals surface area contributed by atoms with Crippen LogP contribution in [0.25, 0.3) is 0 Å². The van der Waals surface area contributed by atoms with Gasteiger partial charge in [0, 0.05) is 12.6 Å². The predicted molar refractivity (Wildman–Crippen MR) is 82.5 cm³/mol. The van der Waals surface area contributed by atoms with E-state index in [2.05, 4.69) is 49.3 Å². The van der Waals surface area contributed by atoms with Gasteiger partial charge in [-0.15, -0.1) is 0 Å². The van der Waals surface area contributed by atoms with Crippen molar-refractivity contribution >= 4 is 0 Å². The zero-order chi connectivity index (χ0) is 13.7. The van der Waals surface area contributed by atoms with Crippen molar-refractivity contribution in [3.63, 3.8) is 0 Å². The number of nitrogens with one attached hydrogen (secondary N) is 1. The van der Waals surface area contributed by atoms with E-state index in [1.54, 1.807) is 0 Å². The second-order valence-corrected chi connectivity index (χ2v) is 6.10. The van der Waals surface area contributed by atoms with Crippen molar-refractivity contribution in [2.45, 2.75) is 52.1 Å². The maximum absolute atomic E-state index is 3.63. The average Bonchev–Trinajstić information content (AvgIpc) is 2.42. The fraction of sp³-hybridized carbons (Fsp3) is 0.647. The van der Waals surface area contributed by atoms with Crippen LogP contribution in [0.3, 0.4) is 0 Å². The molecular weight excluding hydrogens is 232 g/mol. The van der Waals surface area contributed by atoms with E-state index < -0.39 is 0 Å². The molecule has 1 fully saturated rings. The summed E-state index contributed by atoms with van der Waals surface area (Å²) < 4.78 is 0. The molecule has 1 aliphatic heterocycles. The molecule has 1 aromatic carbocycles. The third-order valence-electron chi connectivity index (χ3n) is 4.22. The molecule has 1 atom stereocenters. The molecular formula is C17H28N2. The van der Waals surface area contributed by atoms with E-state index in [9.17, 15) is 0 Å². The normalized spacial score (nSPS) is 19.9. The van der Waals surface area contributed by atoms with Crippen LogP contribution in [0.2, 0.25) is 0 Å². The molecule has 2 nitrogen and oxygen atoms in total. The minimum absolute atomic E-state index is 0.745. The van der Waals surface area contributed by atoms with Crippen LogP contribution in [-0.4, -0.2) is 31.1 Å². The third-order valence-corrected chi connectivity index (χ3v) is 4.22. The van der Waals surface area contributed by atoms with Gasteiger partial charge in [0.2, 0.25) is 0 Å². The van der Waals surface area contributed by atoms with Gasteiger partial charge < -0.3 is 10.2 Å². The lowest BCUT2D eigenvalue weighted by atomic mass is 10.0. The van der Waals surface area contributed by atoms with Gasteiger partial charge in [0.15, 0.2) is 0 Å². The van der Waals surface area contributed by atoms with Crippen molar-refractivity contribution in [2.75, 3.05) is 20.1 Å². The number of piperidine rings is 1. The lowest BCUT2D eigenvalue weighted by molar-refractivity contribution is 0.281. The molecule has 0 saturated carbocycles. The molecule has 1 heterocycles. The molecule has 1 saturated heterocycles. The maximum Gasteiger partial charge on any atom is 0.0233 e. The maximum atomic E-state index is 3.63. The second-order valence-electron chi connectivity index (χ2n) is 6.10. The molecule has 1 aliphatic rings. The van der Waals surface area contributed by atoms with Gasteiger partial charge in [-0.2, -0.15) is 0 Å². The Morgan fingerprint density at radius 1 is 1.26 bits per heavy atom. The molecule has 0 amide bonds. The smallest absolute Gasteiger partial charge is 0.0233 e. The molecule has 2 heteroatoms. The minimum atomic E-state index is 0.745. The van der Waals surface area contributed by atoms with Crippen molar-refractivity contribution in [1.29, 1.82) is 0 Å². The van der Waals surface area contributed by atoms with E-state index in [4.69, 9.17) is 0 Å². The van der Waals surface area contributed by atoms with Gasteiger partial charge in [-0.1, -0.05) is 30.2 Å². The molecule has 1 N–H and O–H groups in total. The molecule has 1 aromatic rings. The van der Waals surface area contributed by atoms with Crippen molar-refractivity contribution in [3.05, 3.63) is 34.9 Å². The summed E-state index contributed by atoms with van der Waals surface area (Å²) in [6.07, 6.45) is 5.39. The topological polar surface area (TPSA) is 15.3 Å². The minimum Gasteiger partial charge on any atom is -0.314 e. The largest absolute Gasteiger partial charge is 0.314 e. The molecule has 0 aromatic heterocycles.